The van der Waals surface area contributed by atoms with Gasteiger partial charge >= 0.3 is 5.97 Å². The largest absolute Gasteiger partial charge is 0.480 e. The predicted molar refractivity (Wildman–Crippen MR) is 117 cm³/mol. The number of imidazole rings is 1. The Kier molecular flexibility index (Phi) is 6.78. The second-order valence-electron chi connectivity index (χ2n) is 6.97. The van der Waals surface area contributed by atoms with Crippen molar-refractivity contribution >= 4 is 17.8 Å². The molecule has 1 heterocycles. The SMILES string of the molecule is Cc1nccn1-c1ccccc1CNC(N)=NC(=O)c1ccc(CC(N)C(=O)O)cc1. The van der Waals surface area contributed by atoms with E-state index in [2.05, 4.69) is 15.3 Å². The predicted octanol–water partition coefficient (Wildman–Crippen LogP) is 1.38. The van der Waals surface area contributed by atoms with Crippen molar-refractivity contribution in [3.05, 3.63) is 83.4 Å². The molecule has 1 unspecified atom stereocenters. The minimum Gasteiger partial charge on any atom is -0.480 e. The van der Waals surface area contributed by atoms with Crippen LogP contribution in [0.15, 0.2) is 65.9 Å². The van der Waals surface area contributed by atoms with Crippen molar-refractivity contribution in [1.82, 2.24) is 14.9 Å². The summed E-state index contributed by atoms with van der Waals surface area (Å²) in [6, 6.07) is 13.2. The summed E-state index contributed by atoms with van der Waals surface area (Å²) in [4.78, 5) is 31.4. The van der Waals surface area contributed by atoms with Crippen LogP contribution in [0.1, 0.15) is 27.3 Å². The zero-order chi connectivity index (χ0) is 22.4. The first kappa shape index (κ1) is 21.7. The maximum Gasteiger partial charge on any atom is 0.320 e. The lowest BCUT2D eigenvalue weighted by atomic mass is 10.0. The van der Waals surface area contributed by atoms with Gasteiger partial charge in [-0.15, -0.1) is 0 Å². The summed E-state index contributed by atoms with van der Waals surface area (Å²) in [5, 5.41) is 11.8. The summed E-state index contributed by atoms with van der Waals surface area (Å²) in [5.41, 5.74) is 14.4. The second kappa shape index (κ2) is 9.68. The van der Waals surface area contributed by atoms with Gasteiger partial charge in [0.2, 0.25) is 0 Å². The molecular formula is C22H24N6O3. The summed E-state index contributed by atoms with van der Waals surface area (Å²) in [5.74, 6) is -0.720. The summed E-state index contributed by atoms with van der Waals surface area (Å²) in [7, 11) is 0. The van der Waals surface area contributed by atoms with Gasteiger partial charge in [-0.1, -0.05) is 30.3 Å². The number of carbonyl (C=O) groups is 2. The number of hydrogen-bond donors (Lipinski definition) is 4. The number of benzene rings is 2. The van der Waals surface area contributed by atoms with E-state index in [0.717, 1.165) is 17.1 Å². The molecule has 0 fully saturated rings. The quantitative estimate of drug-likeness (QED) is 0.333. The van der Waals surface area contributed by atoms with Crippen molar-refractivity contribution in [3.8, 4) is 5.69 Å². The van der Waals surface area contributed by atoms with Gasteiger partial charge in [0, 0.05) is 24.5 Å². The number of aliphatic carboxylic acids is 1. The van der Waals surface area contributed by atoms with Gasteiger partial charge in [0.25, 0.3) is 5.91 Å². The number of aliphatic imine (C=N–C) groups is 1. The molecule has 1 aromatic heterocycles. The maximum atomic E-state index is 12.4. The first-order valence-electron chi connectivity index (χ1n) is 9.63. The normalized spacial score (nSPS) is 12.4. The molecule has 6 N–H and O–H groups in total. The molecule has 160 valence electrons. The summed E-state index contributed by atoms with van der Waals surface area (Å²) in [6.45, 7) is 2.29. The number of nitrogens with one attached hydrogen (secondary N) is 1. The van der Waals surface area contributed by atoms with E-state index in [1.165, 1.54) is 0 Å². The third-order valence-electron chi connectivity index (χ3n) is 4.73. The van der Waals surface area contributed by atoms with Gasteiger partial charge < -0.3 is 26.5 Å². The van der Waals surface area contributed by atoms with Crippen LogP contribution in [0, 0.1) is 6.92 Å². The van der Waals surface area contributed by atoms with Crippen LogP contribution in [-0.2, 0) is 17.8 Å². The van der Waals surface area contributed by atoms with Crippen molar-refractivity contribution in [3.63, 3.8) is 0 Å². The minimum atomic E-state index is -1.08. The van der Waals surface area contributed by atoms with E-state index < -0.39 is 17.9 Å². The maximum absolute atomic E-state index is 12.4. The van der Waals surface area contributed by atoms with Gasteiger partial charge in [-0.3, -0.25) is 9.59 Å². The Balaban J connectivity index is 1.64. The van der Waals surface area contributed by atoms with E-state index >= 15 is 0 Å². The third-order valence-corrected chi connectivity index (χ3v) is 4.73. The number of carbonyl (C=O) groups excluding carboxylic acids is 1. The molecule has 9 nitrogen and oxygen atoms in total. The fourth-order valence-electron chi connectivity index (χ4n) is 3.05. The molecule has 0 spiro atoms. The molecular weight excluding hydrogens is 396 g/mol. The Morgan fingerprint density at radius 2 is 1.90 bits per heavy atom. The lowest BCUT2D eigenvalue weighted by Crippen LogP contribution is -2.32. The molecule has 31 heavy (non-hydrogen) atoms. The zero-order valence-electron chi connectivity index (χ0n) is 17.0. The van der Waals surface area contributed by atoms with Crippen molar-refractivity contribution in [2.45, 2.75) is 25.9 Å². The minimum absolute atomic E-state index is 0.000804. The molecule has 0 saturated heterocycles. The van der Waals surface area contributed by atoms with E-state index in [9.17, 15) is 9.59 Å². The number of carboxylic acid groups (broad SMARTS) is 1. The number of hydrogen-bond acceptors (Lipinski definition) is 4. The molecule has 3 aromatic rings. The van der Waals surface area contributed by atoms with Crippen LogP contribution in [0.2, 0.25) is 0 Å². The van der Waals surface area contributed by atoms with Crippen LogP contribution in [0.3, 0.4) is 0 Å². The van der Waals surface area contributed by atoms with Gasteiger partial charge in [0.15, 0.2) is 5.96 Å². The van der Waals surface area contributed by atoms with E-state index in [4.69, 9.17) is 16.6 Å². The van der Waals surface area contributed by atoms with E-state index in [1.54, 1.807) is 30.5 Å². The number of rotatable bonds is 7. The highest BCUT2D eigenvalue weighted by Crippen LogP contribution is 2.16. The zero-order valence-corrected chi connectivity index (χ0v) is 17.0. The highest BCUT2D eigenvalue weighted by molar-refractivity contribution is 6.02. The lowest BCUT2D eigenvalue weighted by molar-refractivity contribution is -0.138. The van der Waals surface area contributed by atoms with Gasteiger partial charge in [0.05, 0.1) is 5.69 Å². The Hall–Kier alpha value is -3.98. The van der Waals surface area contributed by atoms with Gasteiger partial charge in [-0.2, -0.15) is 4.99 Å². The van der Waals surface area contributed by atoms with Gasteiger partial charge in [-0.25, -0.2) is 4.98 Å². The standard InChI is InChI=1S/C22H24N6O3/c1-14-25-10-11-28(14)19-5-3-2-4-17(19)13-26-22(24)27-20(29)16-8-6-15(7-9-16)12-18(23)21(30)31/h2-11,18H,12-13,23H2,1H3,(H,30,31)(H3,24,26,27,29). The van der Waals surface area contributed by atoms with Crippen LogP contribution in [-0.4, -0.2) is 38.5 Å². The number of carboxylic acids is 1. The Labute approximate surface area is 179 Å². The molecule has 0 saturated carbocycles. The molecule has 0 radical (unpaired) electrons. The molecule has 3 rings (SSSR count). The highest BCUT2D eigenvalue weighted by atomic mass is 16.4. The molecule has 0 aliphatic rings. The van der Waals surface area contributed by atoms with E-state index in [-0.39, 0.29) is 12.4 Å². The van der Waals surface area contributed by atoms with Crippen molar-refractivity contribution in [1.29, 1.82) is 0 Å². The number of nitrogens with two attached hydrogens (primary N) is 2. The number of amides is 1. The molecule has 9 heteroatoms. The first-order chi connectivity index (χ1) is 14.8. The van der Waals surface area contributed by atoms with Crippen LogP contribution < -0.4 is 16.8 Å². The van der Waals surface area contributed by atoms with Crippen molar-refractivity contribution < 1.29 is 14.7 Å². The van der Waals surface area contributed by atoms with Gasteiger partial charge in [-0.05, 0) is 42.7 Å². The lowest BCUT2D eigenvalue weighted by Gasteiger charge is -2.13. The summed E-state index contributed by atoms with van der Waals surface area (Å²) >= 11 is 0. The third kappa shape index (κ3) is 5.55. The van der Waals surface area contributed by atoms with Crippen LogP contribution in [0.5, 0.6) is 0 Å². The van der Waals surface area contributed by atoms with Crippen LogP contribution in [0.25, 0.3) is 5.69 Å². The van der Waals surface area contributed by atoms with Crippen LogP contribution in [0.4, 0.5) is 0 Å². The monoisotopic (exact) mass is 420 g/mol. The molecule has 2 aromatic carbocycles. The highest BCUT2D eigenvalue weighted by Gasteiger charge is 2.13. The fraction of sp³-hybridized carbons (Fsp3) is 0.182. The molecule has 1 atom stereocenters. The fourth-order valence-corrected chi connectivity index (χ4v) is 3.05. The second-order valence-corrected chi connectivity index (χ2v) is 6.97. The van der Waals surface area contributed by atoms with Gasteiger partial charge in [0.1, 0.15) is 11.9 Å². The van der Waals surface area contributed by atoms with Crippen molar-refractivity contribution in [2.24, 2.45) is 16.5 Å². The first-order valence-corrected chi connectivity index (χ1v) is 9.63. The Morgan fingerprint density at radius 1 is 1.19 bits per heavy atom. The van der Waals surface area contributed by atoms with E-state index in [1.807, 2.05) is 42.0 Å². The average molecular weight is 420 g/mol. The van der Waals surface area contributed by atoms with Crippen LogP contribution >= 0.6 is 0 Å². The average Bonchev–Trinajstić information content (AvgIpc) is 3.18. The molecule has 0 aliphatic carbocycles. The number of aryl methyl sites for hydroxylation is 1. The molecule has 1 amide bonds. The molecule has 0 bridgehead atoms. The topological polar surface area (TPSA) is 149 Å². The number of para-hydroxylation sites is 1. The molecule has 0 aliphatic heterocycles. The number of nitrogens with zero attached hydrogens (tertiary/aromatic N) is 3. The Morgan fingerprint density at radius 3 is 2.55 bits per heavy atom. The smallest absolute Gasteiger partial charge is 0.320 e. The van der Waals surface area contributed by atoms with E-state index in [0.29, 0.717) is 17.7 Å². The number of guanidine groups is 1. The number of aromatic nitrogens is 2. The summed E-state index contributed by atoms with van der Waals surface area (Å²) < 4.78 is 1.97. The Bertz CT molecular complexity index is 1100. The summed E-state index contributed by atoms with van der Waals surface area (Å²) in [6.07, 6.45) is 3.78. The van der Waals surface area contributed by atoms with Crippen molar-refractivity contribution in [2.75, 3.05) is 0 Å².